The minimum Gasteiger partial charge on any atom is -0.414 e. The fourth-order valence-corrected chi connectivity index (χ4v) is 16.8. The standard InChI is InChI=1S/C22H37ClN4O5Si2/c1-12(2)33(13(3)4)29-9-16-19(31-34(32-33,14(5)6)15(7)8)18(28)22(30-16)27-11-26-17-20(23)24-10-25-21(17)27/h10-16,18-19,22,28H,9H2,1-8H3/t16-,18?,19?,22-/m1/s1. The first-order valence-electron chi connectivity index (χ1n) is 12.1. The third-order valence-electron chi connectivity index (χ3n) is 7.23. The van der Waals surface area contributed by atoms with Crippen LogP contribution in [0, 0.1) is 0 Å². The first-order valence-corrected chi connectivity index (χ1v) is 16.4. The lowest BCUT2D eigenvalue weighted by atomic mass is 10.1. The quantitative estimate of drug-likeness (QED) is 0.440. The molecule has 0 bridgehead atoms. The number of nitrogens with zero attached hydrogens (tertiary/aromatic N) is 4. The molecule has 4 rings (SSSR count). The predicted octanol–water partition coefficient (Wildman–Crippen LogP) is 4.69. The minimum atomic E-state index is -2.86. The van der Waals surface area contributed by atoms with Crippen LogP contribution in [0.25, 0.3) is 11.2 Å². The van der Waals surface area contributed by atoms with E-state index in [-0.39, 0.29) is 27.3 Å². The van der Waals surface area contributed by atoms with Crippen molar-refractivity contribution in [2.24, 2.45) is 0 Å². The van der Waals surface area contributed by atoms with Gasteiger partial charge in [0.2, 0.25) is 0 Å². The molecular formula is C22H37ClN4O5Si2. The van der Waals surface area contributed by atoms with Gasteiger partial charge in [-0.05, 0) is 22.2 Å². The number of hydrogen-bond donors (Lipinski definition) is 1. The molecule has 2 saturated heterocycles. The molecule has 2 aromatic heterocycles. The number of fused-ring (bicyclic) bond motifs is 2. The van der Waals surface area contributed by atoms with E-state index in [1.54, 1.807) is 10.9 Å². The smallest absolute Gasteiger partial charge is 0.335 e. The summed E-state index contributed by atoms with van der Waals surface area (Å²) in [5.74, 6) is 0. The highest BCUT2D eigenvalue weighted by atomic mass is 35.5. The first kappa shape index (κ1) is 26.1. The van der Waals surface area contributed by atoms with Crippen LogP contribution in [0.3, 0.4) is 0 Å². The van der Waals surface area contributed by atoms with Gasteiger partial charge in [-0.2, -0.15) is 0 Å². The van der Waals surface area contributed by atoms with E-state index in [0.717, 1.165) is 0 Å². The van der Waals surface area contributed by atoms with E-state index in [9.17, 15) is 5.11 Å². The molecule has 0 aromatic carbocycles. The Morgan fingerprint density at radius 1 is 0.971 bits per heavy atom. The summed E-state index contributed by atoms with van der Waals surface area (Å²) in [5.41, 5.74) is 1.74. The summed E-state index contributed by atoms with van der Waals surface area (Å²) in [4.78, 5) is 12.7. The molecule has 0 amide bonds. The van der Waals surface area contributed by atoms with Crippen molar-refractivity contribution in [3.63, 3.8) is 0 Å². The van der Waals surface area contributed by atoms with Gasteiger partial charge in [0.05, 0.1) is 12.9 Å². The molecule has 4 heterocycles. The summed E-state index contributed by atoms with van der Waals surface area (Å²) in [7, 11) is -5.54. The van der Waals surface area contributed by atoms with Crippen LogP contribution in [0.5, 0.6) is 0 Å². The Kier molecular flexibility index (Phi) is 7.31. The third-order valence-corrected chi connectivity index (χ3v) is 17.8. The third kappa shape index (κ3) is 4.07. The molecule has 0 saturated carbocycles. The van der Waals surface area contributed by atoms with Gasteiger partial charge in [0.15, 0.2) is 17.0 Å². The van der Waals surface area contributed by atoms with E-state index in [1.807, 2.05) is 0 Å². The van der Waals surface area contributed by atoms with Crippen LogP contribution in [-0.4, -0.2) is 66.7 Å². The predicted molar refractivity (Wildman–Crippen MR) is 134 cm³/mol. The van der Waals surface area contributed by atoms with Crippen molar-refractivity contribution in [2.75, 3.05) is 6.61 Å². The number of hydrogen-bond acceptors (Lipinski definition) is 8. The maximum atomic E-state index is 11.5. The van der Waals surface area contributed by atoms with Gasteiger partial charge >= 0.3 is 17.1 Å². The van der Waals surface area contributed by atoms with Crippen LogP contribution >= 0.6 is 11.6 Å². The molecule has 190 valence electrons. The van der Waals surface area contributed by atoms with Crippen LogP contribution in [-0.2, 0) is 17.7 Å². The summed E-state index contributed by atoms with van der Waals surface area (Å²) in [5, 5.41) is 11.7. The van der Waals surface area contributed by atoms with Crippen LogP contribution in [0.2, 0.25) is 27.3 Å². The number of aromatic nitrogens is 4. The molecule has 9 nitrogen and oxygen atoms in total. The second-order valence-electron chi connectivity index (χ2n) is 10.6. The topological polar surface area (TPSA) is 101 Å². The Hall–Kier alpha value is -0.926. The van der Waals surface area contributed by atoms with Crippen LogP contribution in [0.1, 0.15) is 61.6 Å². The highest BCUT2D eigenvalue weighted by Gasteiger charge is 2.61. The monoisotopic (exact) mass is 528 g/mol. The minimum absolute atomic E-state index is 0.158. The van der Waals surface area contributed by atoms with Crippen LogP contribution in [0.15, 0.2) is 12.7 Å². The van der Waals surface area contributed by atoms with E-state index in [4.69, 9.17) is 29.3 Å². The zero-order valence-corrected chi connectivity index (χ0v) is 24.0. The van der Waals surface area contributed by atoms with E-state index in [0.29, 0.717) is 17.8 Å². The zero-order chi connectivity index (χ0) is 25.0. The molecule has 2 aliphatic rings. The fraction of sp³-hybridized carbons (Fsp3) is 0.773. The van der Waals surface area contributed by atoms with Gasteiger partial charge < -0.3 is 22.8 Å². The molecule has 1 N–H and O–H groups in total. The number of halogens is 1. The largest absolute Gasteiger partial charge is 0.414 e. The van der Waals surface area contributed by atoms with Gasteiger partial charge in [-0.25, -0.2) is 15.0 Å². The van der Waals surface area contributed by atoms with Crippen molar-refractivity contribution in [2.45, 2.75) is 102 Å². The average Bonchev–Trinajstić information content (AvgIpc) is 3.29. The van der Waals surface area contributed by atoms with Crippen LogP contribution < -0.4 is 0 Å². The fourth-order valence-electron chi connectivity index (χ4n) is 5.38. The maximum Gasteiger partial charge on any atom is 0.335 e. The number of aliphatic hydroxyl groups excluding tert-OH is 1. The zero-order valence-electron chi connectivity index (χ0n) is 21.2. The van der Waals surface area contributed by atoms with Crippen molar-refractivity contribution >= 4 is 39.9 Å². The van der Waals surface area contributed by atoms with E-state index in [1.165, 1.54) is 6.33 Å². The highest BCUT2D eigenvalue weighted by Crippen LogP contribution is 2.48. The molecule has 2 aromatic rings. The SMILES string of the molecule is CC(C)[Si]1(C(C)C)OC[C@H]2O[C@@H](n3cnc4c(Cl)ncnc43)C(O)C2O[Si](C(C)C)(C(C)C)O1. The molecule has 12 heteroatoms. The molecular weight excluding hydrogens is 492 g/mol. The van der Waals surface area contributed by atoms with Crippen molar-refractivity contribution < 1.29 is 22.8 Å². The van der Waals surface area contributed by atoms with Crippen molar-refractivity contribution in [3.05, 3.63) is 17.8 Å². The van der Waals surface area contributed by atoms with E-state index >= 15 is 0 Å². The first-order chi connectivity index (χ1) is 15.9. The Morgan fingerprint density at radius 2 is 1.59 bits per heavy atom. The second kappa shape index (κ2) is 9.51. The summed E-state index contributed by atoms with van der Waals surface area (Å²) in [6, 6.07) is 0. The maximum absolute atomic E-state index is 11.5. The van der Waals surface area contributed by atoms with Gasteiger partial charge in [-0.1, -0.05) is 67.0 Å². The Labute approximate surface area is 208 Å². The molecule has 4 atom stereocenters. The van der Waals surface area contributed by atoms with Crippen LogP contribution in [0.4, 0.5) is 0 Å². The van der Waals surface area contributed by atoms with Gasteiger partial charge in [0.1, 0.15) is 30.2 Å². The lowest BCUT2D eigenvalue weighted by Gasteiger charge is -2.51. The normalized spacial score (nSPS) is 29.2. The van der Waals surface area contributed by atoms with E-state index in [2.05, 4.69) is 70.3 Å². The van der Waals surface area contributed by atoms with Crippen molar-refractivity contribution in [1.29, 1.82) is 0 Å². The van der Waals surface area contributed by atoms with Gasteiger partial charge in [-0.15, -0.1) is 0 Å². The van der Waals surface area contributed by atoms with E-state index < -0.39 is 41.7 Å². The molecule has 0 aliphatic carbocycles. The Morgan fingerprint density at radius 3 is 2.18 bits per heavy atom. The summed E-state index contributed by atoms with van der Waals surface area (Å²) in [6.07, 6.45) is 0.205. The molecule has 0 spiro atoms. The van der Waals surface area contributed by atoms with Gasteiger partial charge in [0, 0.05) is 0 Å². The number of imidazole rings is 1. The summed E-state index contributed by atoms with van der Waals surface area (Å²) >= 11 is 6.19. The Bertz CT molecular complexity index is 1000. The number of aliphatic hydroxyl groups is 1. The lowest BCUT2D eigenvalue weighted by Crippen LogP contribution is -2.65. The summed E-state index contributed by atoms with van der Waals surface area (Å²) in [6.45, 7) is 17.6. The second-order valence-corrected chi connectivity index (χ2v) is 19.8. The average molecular weight is 529 g/mol. The molecule has 0 radical (unpaired) electrons. The van der Waals surface area contributed by atoms with Crippen molar-refractivity contribution in [1.82, 2.24) is 19.5 Å². The van der Waals surface area contributed by atoms with Gasteiger partial charge in [-0.3, -0.25) is 4.57 Å². The van der Waals surface area contributed by atoms with Gasteiger partial charge in [0.25, 0.3) is 0 Å². The lowest BCUT2D eigenvalue weighted by molar-refractivity contribution is -0.0570. The number of ether oxygens (including phenoxy) is 1. The molecule has 2 fully saturated rings. The Balaban J connectivity index is 1.77. The highest BCUT2D eigenvalue weighted by molar-refractivity contribution is 6.84. The van der Waals surface area contributed by atoms with Crippen molar-refractivity contribution in [3.8, 4) is 0 Å². The number of rotatable bonds is 5. The molecule has 2 aliphatic heterocycles. The summed E-state index contributed by atoms with van der Waals surface area (Å²) < 4.78 is 29.0. The molecule has 34 heavy (non-hydrogen) atoms. The molecule has 2 unspecified atom stereocenters.